The molecule has 3 rings (SSSR count). The number of anilines is 1. The van der Waals surface area contributed by atoms with Crippen molar-refractivity contribution in [2.24, 2.45) is 7.05 Å². The number of nitrogens with one attached hydrogen (secondary N) is 1. The third kappa shape index (κ3) is 3.27. The van der Waals surface area contributed by atoms with Crippen molar-refractivity contribution in [2.75, 3.05) is 18.0 Å². The average molecular weight is 299 g/mol. The Morgan fingerprint density at radius 3 is 2.82 bits per heavy atom. The minimum Gasteiger partial charge on any atom is -0.356 e. The Morgan fingerprint density at radius 2 is 2.09 bits per heavy atom. The van der Waals surface area contributed by atoms with Crippen molar-refractivity contribution in [1.82, 2.24) is 20.1 Å². The second-order valence-electron chi connectivity index (χ2n) is 5.59. The molecular formula is C16H21N5O. The highest BCUT2D eigenvalue weighted by atomic mass is 16.1. The fourth-order valence-electron chi connectivity index (χ4n) is 2.76. The van der Waals surface area contributed by atoms with Crippen molar-refractivity contribution in [2.45, 2.75) is 25.8 Å². The van der Waals surface area contributed by atoms with Gasteiger partial charge in [-0.25, -0.2) is 4.98 Å². The van der Waals surface area contributed by atoms with E-state index in [9.17, 15) is 4.79 Å². The number of amides is 1. The first kappa shape index (κ1) is 14.6. The molecule has 0 bridgehead atoms. The van der Waals surface area contributed by atoms with Gasteiger partial charge in [0, 0.05) is 44.6 Å². The molecule has 0 radical (unpaired) electrons. The molecule has 0 spiro atoms. The number of rotatable bonds is 4. The summed E-state index contributed by atoms with van der Waals surface area (Å²) < 4.78 is 1.62. The van der Waals surface area contributed by atoms with Crippen LogP contribution in [0.2, 0.25) is 0 Å². The molecule has 2 aromatic rings. The normalized spacial score (nSPS) is 14.9. The number of carbonyl (C=O) groups excluding carboxylic acids is 1. The summed E-state index contributed by atoms with van der Waals surface area (Å²) >= 11 is 0. The Bertz CT molecular complexity index is 645. The van der Waals surface area contributed by atoms with Gasteiger partial charge in [0.1, 0.15) is 11.5 Å². The molecule has 1 N–H and O–H groups in total. The van der Waals surface area contributed by atoms with Gasteiger partial charge >= 0.3 is 0 Å². The summed E-state index contributed by atoms with van der Waals surface area (Å²) in [5.74, 6) is 0.831. The largest absolute Gasteiger partial charge is 0.356 e. The van der Waals surface area contributed by atoms with Gasteiger partial charge in [-0.3, -0.25) is 9.48 Å². The van der Waals surface area contributed by atoms with Gasteiger partial charge in [-0.05, 0) is 31.4 Å². The Hall–Kier alpha value is -2.37. The van der Waals surface area contributed by atoms with E-state index in [0.29, 0.717) is 12.2 Å². The quantitative estimate of drug-likeness (QED) is 0.934. The first-order chi connectivity index (χ1) is 10.7. The maximum atomic E-state index is 12.1. The fourth-order valence-corrected chi connectivity index (χ4v) is 2.76. The van der Waals surface area contributed by atoms with Crippen LogP contribution in [0.5, 0.6) is 0 Å². The SMILES string of the molecule is Cn1ccc(C(=O)NCc2cccnc2N2CCCCC2)n1. The third-order valence-electron chi connectivity index (χ3n) is 3.91. The number of pyridine rings is 1. The molecule has 1 amide bonds. The van der Waals surface area contributed by atoms with Crippen LogP contribution >= 0.6 is 0 Å². The zero-order valence-electron chi connectivity index (χ0n) is 12.8. The predicted octanol–water partition coefficient (Wildman–Crippen LogP) is 1.74. The summed E-state index contributed by atoms with van der Waals surface area (Å²) in [6, 6.07) is 5.65. The first-order valence-corrected chi connectivity index (χ1v) is 7.71. The van der Waals surface area contributed by atoms with Gasteiger partial charge < -0.3 is 10.2 Å². The summed E-state index contributed by atoms with van der Waals surface area (Å²) in [7, 11) is 1.80. The molecule has 22 heavy (non-hydrogen) atoms. The third-order valence-corrected chi connectivity index (χ3v) is 3.91. The standard InChI is InChI=1S/C16H21N5O/c1-20-11-7-14(19-20)16(22)18-12-13-6-5-8-17-15(13)21-9-3-2-4-10-21/h5-8,11H,2-4,9-10,12H2,1H3,(H,18,22). The average Bonchev–Trinajstić information content (AvgIpc) is 3.00. The van der Waals surface area contributed by atoms with Crippen molar-refractivity contribution in [3.05, 3.63) is 41.9 Å². The van der Waals surface area contributed by atoms with Crippen LogP contribution in [0.3, 0.4) is 0 Å². The zero-order chi connectivity index (χ0) is 15.4. The van der Waals surface area contributed by atoms with Crippen molar-refractivity contribution in [3.8, 4) is 0 Å². The Balaban J connectivity index is 1.68. The lowest BCUT2D eigenvalue weighted by atomic mass is 10.1. The van der Waals surface area contributed by atoms with Gasteiger partial charge in [-0.2, -0.15) is 5.10 Å². The number of hydrogen-bond acceptors (Lipinski definition) is 4. The molecule has 0 aromatic carbocycles. The molecule has 1 aliphatic rings. The predicted molar refractivity (Wildman–Crippen MR) is 84.7 cm³/mol. The number of aryl methyl sites for hydroxylation is 1. The lowest BCUT2D eigenvalue weighted by Crippen LogP contribution is -2.32. The zero-order valence-corrected chi connectivity index (χ0v) is 12.8. The van der Waals surface area contributed by atoms with Crippen LogP contribution in [0.1, 0.15) is 35.3 Å². The molecule has 0 unspecified atom stereocenters. The van der Waals surface area contributed by atoms with Gasteiger partial charge in [-0.15, -0.1) is 0 Å². The van der Waals surface area contributed by atoms with Crippen LogP contribution in [0.25, 0.3) is 0 Å². The molecule has 3 heterocycles. The highest BCUT2D eigenvalue weighted by Gasteiger charge is 2.16. The number of piperidine rings is 1. The van der Waals surface area contributed by atoms with Crippen LogP contribution in [0.15, 0.2) is 30.6 Å². The smallest absolute Gasteiger partial charge is 0.272 e. The number of nitrogens with zero attached hydrogens (tertiary/aromatic N) is 4. The summed E-state index contributed by atoms with van der Waals surface area (Å²) in [6.45, 7) is 2.55. The molecule has 1 saturated heterocycles. The number of aromatic nitrogens is 3. The van der Waals surface area contributed by atoms with Crippen LogP contribution < -0.4 is 10.2 Å². The van der Waals surface area contributed by atoms with E-state index in [1.807, 2.05) is 18.3 Å². The lowest BCUT2D eigenvalue weighted by Gasteiger charge is -2.29. The molecule has 0 saturated carbocycles. The van der Waals surface area contributed by atoms with E-state index in [0.717, 1.165) is 24.5 Å². The van der Waals surface area contributed by atoms with E-state index in [4.69, 9.17) is 0 Å². The van der Waals surface area contributed by atoms with Crippen LogP contribution in [0.4, 0.5) is 5.82 Å². The molecule has 1 fully saturated rings. The molecular weight excluding hydrogens is 278 g/mol. The van der Waals surface area contributed by atoms with Crippen molar-refractivity contribution in [1.29, 1.82) is 0 Å². The van der Waals surface area contributed by atoms with Gasteiger partial charge in [0.2, 0.25) is 0 Å². The second-order valence-corrected chi connectivity index (χ2v) is 5.59. The van der Waals surface area contributed by atoms with E-state index in [1.165, 1.54) is 19.3 Å². The molecule has 1 aliphatic heterocycles. The molecule has 116 valence electrons. The minimum absolute atomic E-state index is 0.158. The van der Waals surface area contributed by atoms with Crippen molar-refractivity contribution >= 4 is 11.7 Å². The van der Waals surface area contributed by atoms with Crippen LogP contribution in [-0.4, -0.2) is 33.8 Å². The van der Waals surface area contributed by atoms with Gasteiger partial charge in [-0.1, -0.05) is 6.07 Å². The summed E-state index contributed by atoms with van der Waals surface area (Å²) in [6.07, 6.45) is 7.27. The first-order valence-electron chi connectivity index (χ1n) is 7.71. The van der Waals surface area contributed by atoms with Gasteiger partial charge in [0.05, 0.1) is 0 Å². The summed E-state index contributed by atoms with van der Waals surface area (Å²) in [4.78, 5) is 18.9. The van der Waals surface area contributed by atoms with Crippen molar-refractivity contribution < 1.29 is 4.79 Å². The molecule has 0 aliphatic carbocycles. The minimum atomic E-state index is -0.158. The van der Waals surface area contributed by atoms with Gasteiger partial charge in [0.25, 0.3) is 5.91 Å². The highest BCUT2D eigenvalue weighted by Crippen LogP contribution is 2.21. The summed E-state index contributed by atoms with van der Waals surface area (Å²) in [5.41, 5.74) is 1.49. The maximum Gasteiger partial charge on any atom is 0.272 e. The topological polar surface area (TPSA) is 63.1 Å². The van der Waals surface area contributed by atoms with Crippen LogP contribution in [0, 0.1) is 0 Å². The highest BCUT2D eigenvalue weighted by molar-refractivity contribution is 5.92. The number of carbonyl (C=O) groups is 1. The Morgan fingerprint density at radius 1 is 1.27 bits per heavy atom. The van der Waals surface area contributed by atoms with E-state index in [2.05, 4.69) is 20.3 Å². The molecule has 6 nitrogen and oxygen atoms in total. The van der Waals surface area contributed by atoms with E-state index >= 15 is 0 Å². The van der Waals surface area contributed by atoms with Crippen molar-refractivity contribution in [3.63, 3.8) is 0 Å². The molecule has 0 atom stereocenters. The second kappa shape index (κ2) is 6.60. The van der Waals surface area contributed by atoms with E-state index < -0.39 is 0 Å². The number of hydrogen-bond donors (Lipinski definition) is 1. The monoisotopic (exact) mass is 299 g/mol. The lowest BCUT2D eigenvalue weighted by molar-refractivity contribution is 0.0945. The van der Waals surface area contributed by atoms with Crippen LogP contribution in [-0.2, 0) is 13.6 Å². The Kier molecular flexibility index (Phi) is 4.37. The van der Waals surface area contributed by atoms with E-state index in [-0.39, 0.29) is 5.91 Å². The summed E-state index contributed by atoms with van der Waals surface area (Å²) in [5, 5.41) is 7.04. The fraction of sp³-hybridized carbons (Fsp3) is 0.438. The van der Waals surface area contributed by atoms with Gasteiger partial charge in [0.15, 0.2) is 0 Å². The Labute approximate surface area is 130 Å². The maximum absolute atomic E-state index is 12.1. The van der Waals surface area contributed by atoms with E-state index in [1.54, 1.807) is 24.0 Å². The molecule has 2 aromatic heterocycles. The molecule has 6 heteroatoms.